The van der Waals surface area contributed by atoms with Gasteiger partial charge in [-0.15, -0.1) is 11.8 Å². The Balaban J connectivity index is 2.54. The maximum atomic E-state index is 5.92. The van der Waals surface area contributed by atoms with E-state index in [-0.39, 0.29) is 0 Å². The molecule has 0 aliphatic rings. The molecule has 1 aromatic heterocycles. The smallest absolute Gasteiger partial charge is 0.146 e. The van der Waals surface area contributed by atoms with Crippen LogP contribution in [0.1, 0.15) is 0 Å². The molecule has 0 saturated heterocycles. The van der Waals surface area contributed by atoms with E-state index in [0.29, 0.717) is 10.8 Å². The van der Waals surface area contributed by atoms with E-state index in [9.17, 15) is 0 Å². The van der Waals surface area contributed by atoms with Gasteiger partial charge in [0.15, 0.2) is 0 Å². The van der Waals surface area contributed by atoms with Crippen molar-refractivity contribution in [1.29, 1.82) is 0 Å². The normalized spacial score (nSPS) is 10.9. The summed E-state index contributed by atoms with van der Waals surface area (Å²) in [5.74, 6) is 1.28. The van der Waals surface area contributed by atoms with Gasteiger partial charge in [-0.1, -0.05) is 11.6 Å². The van der Waals surface area contributed by atoms with E-state index in [4.69, 9.17) is 17.3 Å². The highest BCUT2D eigenvalue weighted by Crippen LogP contribution is 2.27. The fourth-order valence-electron chi connectivity index (χ4n) is 0.792. The van der Waals surface area contributed by atoms with Crippen molar-refractivity contribution in [1.82, 2.24) is 14.9 Å². The molecular weight excluding hydrogens is 220 g/mol. The number of nitrogen functional groups attached to an aromatic ring is 1. The minimum absolute atomic E-state index is 0.342. The van der Waals surface area contributed by atoms with Crippen molar-refractivity contribution >= 4 is 29.2 Å². The van der Waals surface area contributed by atoms with Crippen molar-refractivity contribution in [3.05, 3.63) is 11.3 Å². The van der Waals surface area contributed by atoms with E-state index in [2.05, 4.69) is 14.9 Å². The molecule has 1 aromatic rings. The lowest BCUT2D eigenvalue weighted by molar-refractivity contribution is 0.437. The molecule has 14 heavy (non-hydrogen) atoms. The number of nitrogens with zero attached hydrogens (tertiary/aromatic N) is 3. The van der Waals surface area contributed by atoms with Gasteiger partial charge < -0.3 is 10.6 Å². The zero-order valence-corrected chi connectivity index (χ0v) is 9.77. The summed E-state index contributed by atoms with van der Waals surface area (Å²) >= 11 is 7.51. The molecule has 0 radical (unpaired) electrons. The number of thioether (sulfide) groups is 1. The van der Waals surface area contributed by atoms with E-state index in [1.54, 1.807) is 11.8 Å². The molecule has 1 heterocycles. The van der Waals surface area contributed by atoms with E-state index in [0.717, 1.165) is 17.3 Å². The largest absolute Gasteiger partial charge is 0.382 e. The molecule has 0 spiro atoms. The average molecular weight is 233 g/mol. The fraction of sp³-hybridized carbons (Fsp3) is 0.500. The molecule has 0 aliphatic heterocycles. The molecule has 4 nitrogen and oxygen atoms in total. The third kappa shape index (κ3) is 3.32. The van der Waals surface area contributed by atoms with Gasteiger partial charge in [0.25, 0.3) is 0 Å². The molecule has 0 unspecified atom stereocenters. The van der Waals surface area contributed by atoms with Gasteiger partial charge in [0.2, 0.25) is 0 Å². The minimum atomic E-state index is 0.342. The molecule has 1 rings (SSSR count). The molecule has 0 saturated carbocycles. The Bertz CT molecular complexity index is 305. The summed E-state index contributed by atoms with van der Waals surface area (Å²) in [4.78, 5) is 9.95. The molecular formula is C8H13ClN4S. The van der Waals surface area contributed by atoms with Crippen LogP contribution in [0.5, 0.6) is 0 Å². The second kappa shape index (κ2) is 5.38. The summed E-state index contributed by atoms with van der Waals surface area (Å²) in [5.41, 5.74) is 5.55. The van der Waals surface area contributed by atoms with Crippen LogP contribution in [0.4, 0.5) is 5.82 Å². The van der Waals surface area contributed by atoms with Crippen LogP contribution in [0.3, 0.4) is 0 Å². The first-order valence-electron chi connectivity index (χ1n) is 4.14. The van der Waals surface area contributed by atoms with E-state index in [1.165, 1.54) is 6.33 Å². The zero-order valence-electron chi connectivity index (χ0n) is 8.20. The van der Waals surface area contributed by atoms with Gasteiger partial charge in [0, 0.05) is 12.3 Å². The Kier molecular flexibility index (Phi) is 4.44. The van der Waals surface area contributed by atoms with Crippen LogP contribution in [0.2, 0.25) is 5.02 Å². The Morgan fingerprint density at radius 1 is 1.50 bits per heavy atom. The summed E-state index contributed by atoms with van der Waals surface area (Å²) in [6.07, 6.45) is 1.43. The lowest BCUT2D eigenvalue weighted by atomic mass is 10.6. The summed E-state index contributed by atoms with van der Waals surface area (Å²) in [6, 6.07) is 0. The Labute approximate surface area is 92.9 Å². The Morgan fingerprint density at radius 3 is 2.86 bits per heavy atom. The third-order valence-electron chi connectivity index (χ3n) is 1.56. The zero-order chi connectivity index (χ0) is 10.6. The first kappa shape index (κ1) is 11.6. The highest BCUT2D eigenvalue weighted by molar-refractivity contribution is 7.99. The first-order chi connectivity index (χ1) is 6.61. The number of hydrogen-bond donors (Lipinski definition) is 1. The maximum Gasteiger partial charge on any atom is 0.146 e. The quantitative estimate of drug-likeness (QED) is 0.628. The standard InChI is InChI=1S/C8H13ClN4S/c1-13(2)3-4-14-8-6(9)7(10)11-5-12-8/h5H,3-4H2,1-2H3,(H2,10,11,12). The molecule has 2 N–H and O–H groups in total. The van der Waals surface area contributed by atoms with Crippen molar-refractivity contribution in [2.45, 2.75) is 5.03 Å². The lowest BCUT2D eigenvalue weighted by Gasteiger charge is -2.09. The topological polar surface area (TPSA) is 55.0 Å². The van der Waals surface area contributed by atoms with Crippen molar-refractivity contribution in [3.8, 4) is 0 Å². The number of hydrogen-bond acceptors (Lipinski definition) is 5. The van der Waals surface area contributed by atoms with Gasteiger partial charge in [-0.2, -0.15) is 0 Å². The van der Waals surface area contributed by atoms with Crippen molar-refractivity contribution in [2.75, 3.05) is 32.1 Å². The first-order valence-corrected chi connectivity index (χ1v) is 5.51. The van der Waals surface area contributed by atoms with Gasteiger partial charge >= 0.3 is 0 Å². The lowest BCUT2D eigenvalue weighted by Crippen LogP contribution is -2.14. The highest BCUT2D eigenvalue weighted by atomic mass is 35.5. The van der Waals surface area contributed by atoms with Crippen LogP contribution in [0.25, 0.3) is 0 Å². The third-order valence-corrected chi connectivity index (χ3v) is 3.02. The van der Waals surface area contributed by atoms with Crippen molar-refractivity contribution in [3.63, 3.8) is 0 Å². The molecule has 0 amide bonds. The van der Waals surface area contributed by atoms with Crippen LogP contribution < -0.4 is 5.73 Å². The van der Waals surface area contributed by atoms with Crippen LogP contribution in [-0.4, -0.2) is 41.3 Å². The molecule has 0 atom stereocenters. The maximum absolute atomic E-state index is 5.92. The number of aromatic nitrogens is 2. The number of anilines is 1. The van der Waals surface area contributed by atoms with Gasteiger partial charge in [0.1, 0.15) is 22.2 Å². The van der Waals surface area contributed by atoms with Gasteiger partial charge in [-0.05, 0) is 14.1 Å². The summed E-state index contributed by atoms with van der Waals surface area (Å²) in [5, 5.41) is 1.21. The number of rotatable bonds is 4. The van der Waals surface area contributed by atoms with Gasteiger partial charge in [-0.3, -0.25) is 0 Å². The Morgan fingerprint density at radius 2 is 2.21 bits per heavy atom. The molecule has 0 fully saturated rings. The molecule has 78 valence electrons. The van der Waals surface area contributed by atoms with Crippen LogP contribution in [0.15, 0.2) is 11.4 Å². The number of halogens is 1. The highest BCUT2D eigenvalue weighted by Gasteiger charge is 2.06. The second-order valence-electron chi connectivity index (χ2n) is 3.03. The molecule has 0 aromatic carbocycles. The van der Waals surface area contributed by atoms with E-state index >= 15 is 0 Å². The Hall–Kier alpha value is -0.520. The van der Waals surface area contributed by atoms with E-state index < -0.39 is 0 Å². The summed E-state index contributed by atoms with van der Waals surface area (Å²) < 4.78 is 0. The van der Waals surface area contributed by atoms with Crippen LogP contribution in [0, 0.1) is 0 Å². The van der Waals surface area contributed by atoms with Gasteiger partial charge in [-0.25, -0.2) is 9.97 Å². The fourth-order valence-corrected chi connectivity index (χ4v) is 2.06. The average Bonchev–Trinajstić information content (AvgIpc) is 2.12. The molecule has 0 bridgehead atoms. The van der Waals surface area contributed by atoms with Crippen LogP contribution >= 0.6 is 23.4 Å². The summed E-state index contributed by atoms with van der Waals surface area (Å²) in [6.45, 7) is 0.977. The van der Waals surface area contributed by atoms with Crippen molar-refractivity contribution < 1.29 is 0 Å². The van der Waals surface area contributed by atoms with E-state index in [1.807, 2.05) is 14.1 Å². The predicted octanol–water partition coefficient (Wildman–Crippen LogP) is 1.37. The van der Waals surface area contributed by atoms with Gasteiger partial charge in [0.05, 0.1) is 0 Å². The second-order valence-corrected chi connectivity index (χ2v) is 4.49. The molecule has 6 heteroatoms. The summed E-state index contributed by atoms with van der Waals surface area (Å²) in [7, 11) is 4.05. The predicted molar refractivity (Wildman–Crippen MR) is 60.7 cm³/mol. The molecule has 0 aliphatic carbocycles. The monoisotopic (exact) mass is 232 g/mol. The number of nitrogens with two attached hydrogens (primary N) is 1. The van der Waals surface area contributed by atoms with Crippen LogP contribution in [-0.2, 0) is 0 Å². The van der Waals surface area contributed by atoms with Crippen molar-refractivity contribution in [2.24, 2.45) is 0 Å². The SMILES string of the molecule is CN(C)CCSc1ncnc(N)c1Cl. The minimum Gasteiger partial charge on any atom is -0.382 e.